The Labute approximate surface area is 168 Å². The molecule has 2 aromatic rings. The van der Waals surface area contributed by atoms with E-state index in [9.17, 15) is 18.5 Å². The summed E-state index contributed by atoms with van der Waals surface area (Å²) >= 11 is 6.03. The van der Waals surface area contributed by atoms with Gasteiger partial charge in [-0.2, -0.15) is 4.31 Å². The fourth-order valence-corrected chi connectivity index (χ4v) is 4.44. The van der Waals surface area contributed by atoms with Crippen LogP contribution < -0.4 is 9.47 Å². The summed E-state index contributed by atoms with van der Waals surface area (Å²) in [6, 6.07) is 7.36. The van der Waals surface area contributed by atoms with Gasteiger partial charge in [-0.3, -0.25) is 10.1 Å². The first-order chi connectivity index (χ1) is 13.1. The third-order valence-electron chi connectivity index (χ3n) is 4.28. The van der Waals surface area contributed by atoms with Crippen LogP contribution in [0, 0.1) is 17.0 Å². The summed E-state index contributed by atoms with van der Waals surface area (Å²) in [4.78, 5) is 10.4. The smallest absolute Gasteiger partial charge is 0.275 e. The predicted molar refractivity (Wildman–Crippen MR) is 106 cm³/mol. The lowest BCUT2D eigenvalue weighted by Gasteiger charge is -2.21. The molecule has 0 aliphatic carbocycles. The Morgan fingerprint density at radius 1 is 1.14 bits per heavy atom. The number of halogens is 1. The molecular weight excluding hydrogens is 408 g/mol. The van der Waals surface area contributed by atoms with Crippen LogP contribution >= 0.6 is 11.6 Å². The first-order valence-corrected chi connectivity index (χ1v) is 10.1. The van der Waals surface area contributed by atoms with Crippen molar-refractivity contribution >= 4 is 27.3 Å². The van der Waals surface area contributed by atoms with Gasteiger partial charge in [0.15, 0.2) is 11.5 Å². The molecule has 2 aromatic carbocycles. The zero-order valence-electron chi connectivity index (χ0n) is 15.9. The Bertz CT molecular complexity index is 994. The van der Waals surface area contributed by atoms with Crippen molar-refractivity contribution < 1.29 is 22.8 Å². The predicted octanol–water partition coefficient (Wildman–Crippen LogP) is 3.78. The van der Waals surface area contributed by atoms with E-state index in [-0.39, 0.29) is 34.3 Å². The zero-order valence-corrected chi connectivity index (χ0v) is 17.5. The number of hydrogen-bond donors (Lipinski definition) is 0. The molecule has 28 heavy (non-hydrogen) atoms. The molecule has 0 saturated heterocycles. The molecule has 0 saturated carbocycles. The van der Waals surface area contributed by atoms with Crippen LogP contribution in [-0.2, 0) is 16.6 Å². The summed E-state index contributed by atoms with van der Waals surface area (Å²) < 4.78 is 37.8. The van der Waals surface area contributed by atoms with Gasteiger partial charge >= 0.3 is 0 Å². The van der Waals surface area contributed by atoms with E-state index in [0.717, 1.165) is 6.07 Å². The number of benzene rings is 2. The van der Waals surface area contributed by atoms with Crippen molar-refractivity contribution in [1.82, 2.24) is 4.31 Å². The van der Waals surface area contributed by atoms with Crippen molar-refractivity contribution in [2.24, 2.45) is 0 Å². The van der Waals surface area contributed by atoms with Crippen LogP contribution in [0.4, 0.5) is 5.69 Å². The normalized spacial score (nSPS) is 11.5. The largest absolute Gasteiger partial charge is 0.493 e. The second-order valence-corrected chi connectivity index (χ2v) is 8.27. The average molecular weight is 429 g/mol. The first-order valence-electron chi connectivity index (χ1n) is 8.31. The lowest BCUT2D eigenvalue weighted by Crippen LogP contribution is -2.30. The molecule has 0 unspecified atom stereocenters. The third-order valence-corrected chi connectivity index (χ3v) is 6.58. The van der Waals surface area contributed by atoms with E-state index < -0.39 is 14.9 Å². The molecule has 0 aliphatic heterocycles. The number of hydrogen-bond acceptors (Lipinski definition) is 6. The Morgan fingerprint density at radius 3 is 2.32 bits per heavy atom. The van der Waals surface area contributed by atoms with E-state index in [1.54, 1.807) is 25.1 Å². The van der Waals surface area contributed by atoms with Gasteiger partial charge in [0.25, 0.3) is 5.69 Å². The molecule has 2 rings (SSSR count). The molecule has 8 nitrogen and oxygen atoms in total. The van der Waals surface area contributed by atoms with E-state index in [1.165, 1.54) is 31.5 Å². The average Bonchev–Trinajstić information content (AvgIpc) is 2.67. The number of sulfonamides is 1. The van der Waals surface area contributed by atoms with E-state index in [1.807, 2.05) is 0 Å². The van der Waals surface area contributed by atoms with Gasteiger partial charge in [0.2, 0.25) is 10.0 Å². The molecule has 0 fully saturated rings. The van der Waals surface area contributed by atoms with Gasteiger partial charge in [0.05, 0.1) is 29.1 Å². The third kappa shape index (κ3) is 4.37. The molecule has 0 spiro atoms. The molecular formula is C18H21ClN2O6S. The van der Waals surface area contributed by atoms with Crippen LogP contribution in [0.1, 0.15) is 18.1 Å². The van der Waals surface area contributed by atoms with Crippen molar-refractivity contribution in [2.45, 2.75) is 25.3 Å². The zero-order chi connectivity index (χ0) is 21.1. The topological polar surface area (TPSA) is 99.0 Å². The number of nitro benzene ring substituents is 1. The quantitative estimate of drug-likeness (QED) is 0.468. The summed E-state index contributed by atoms with van der Waals surface area (Å²) in [5, 5.41) is 11.3. The van der Waals surface area contributed by atoms with Crippen LogP contribution in [-0.4, -0.2) is 38.4 Å². The summed E-state index contributed by atoms with van der Waals surface area (Å²) in [5.41, 5.74) is 0.553. The molecule has 0 radical (unpaired) electrons. The maximum absolute atomic E-state index is 13.1. The standard InChI is InChI=1S/C18H21ClN2O6S/c1-5-20(11-13-6-7-17(26-3)18(8-13)27-4)28(24,25)14-9-15(19)12(2)16(10-14)21(22)23/h6-10H,5,11H2,1-4H3. The fourth-order valence-electron chi connectivity index (χ4n) is 2.68. The van der Waals surface area contributed by atoms with Gasteiger partial charge in [0.1, 0.15) is 0 Å². The minimum Gasteiger partial charge on any atom is -0.493 e. The lowest BCUT2D eigenvalue weighted by atomic mass is 10.2. The van der Waals surface area contributed by atoms with Gasteiger partial charge < -0.3 is 9.47 Å². The fraction of sp³-hybridized carbons (Fsp3) is 0.333. The highest BCUT2D eigenvalue weighted by Crippen LogP contribution is 2.32. The number of ether oxygens (including phenoxy) is 2. The SMILES string of the molecule is CCN(Cc1ccc(OC)c(OC)c1)S(=O)(=O)c1cc(Cl)c(C)c([N+](=O)[O-])c1. The molecule has 0 N–H and O–H groups in total. The monoisotopic (exact) mass is 428 g/mol. The molecule has 10 heteroatoms. The van der Waals surface area contributed by atoms with Crippen LogP contribution in [0.3, 0.4) is 0 Å². The Balaban J connectivity index is 2.45. The summed E-state index contributed by atoms with van der Waals surface area (Å²) in [7, 11) is -1.01. The number of nitrogens with zero attached hydrogens (tertiary/aromatic N) is 2. The second-order valence-electron chi connectivity index (χ2n) is 5.93. The molecule has 0 atom stereocenters. The van der Waals surface area contributed by atoms with Crippen molar-refractivity contribution in [1.29, 1.82) is 0 Å². The molecule has 0 bridgehead atoms. The number of nitro groups is 1. The van der Waals surface area contributed by atoms with Gasteiger partial charge in [-0.05, 0) is 30.7 Å². The van der Waals surface area contributed by atoms with Crippen LogP contribution in [0.2, 0.25) is 5.02 Å². The van der Waals surface area contributed by atoms with Crippen LogP contribution in [0.15, 0.2) is 35.2 Å². The number of methoxy groups -OCH3 is 2. The Kier molecular flexibility index (Phi) is 6.87. The van der Waals surface area contributed by atoms with E-state index >= 15 is 0 Å². The highest BCUT2D eigenvalue weighted by atomic mass is 35.5. The maximum atomic E-state index is 13.1. The Hall–Kier alpha value is -2.36. The maximum Gasteiger partial charge on any atom is 0.275 e. The highest BCUT2D eigenvalue weighted by Gasteiger charge is 2.27. The molecule has 0 amide bonds. The molecule has 152 valence electrons. The van der Waals surface area contributed by atoms with Gasteiger partial charge in [0, 0.05) is 24.7 Å². The van der Waals surface area contributed by atoms with Crippen molar-refractivity contribution in [3.63, 3.8) is 0 Å². The van der Waals surface area contributed by atoms with E-state index in [4.69, 9.17) is 21.1 Å². The van der Waals surface area contributed by atoms with Crippen LogP contribution in [0.5, 0.6) is 11.5 Å². The van der Waals surface area contributed by atoms with Gasteiger partial charge in [-0.1, -0.05) is 24.6 Å². The summed E-state index contributed by atoms with van der Waals surface area (Å²) in [5.74, 6) is 1.00. The van der Waals surface area contributed by atoms with Crippen molar-refractivity contribution in [3.05, 3.63) is 56.6 Å². The first kappa shape index (κ1) is 21.9. The second kappa shape index (κ2) is 8.76. The summed E-state index contributed by atoms with van der Waals surface area (Å²) in [6.45, 7) is 3.37. The van der Waals surface area contributed by atoms with E-state index in [0.29, 0.717) is 17.1 Å². The van der Waals surface area contributed by atoms with E-state index in [2.05, 4.69) is 0 Å². The van der Waals surface area contributed by atoms with Gasteiger partial charge in [-0.15, -0.1) is 0 Å². The van der Waals surface area contributed by atoms with Crippen molar-refractivity contribution in [3.8, 4) is 11.5 Å². The Morgan fingerprint density at radius 2 is 1.79 bits per heavy atom. The minimum atomic E-state index is -4.01. The molecule has 0 aliphatic rings. The van der Waals surface area contributed by atoms with Crippen molar-refractivity contribution in [2.75, 3.05) is 20.8 Å². The minimum absolute atomic E-state index is 0.0231. The number of rotatable bonds is 8. The summed E-state index contributed by atoms with van der Waals surface area (Å²) in [6.07, 6.45) is 0. The lowest BCUT2D eigenvalue weighted by molar-refractivity contribution is -0.385. The van der Waals surface area contributed by atoms with Crippen LogP contribution in [0.25, 0.3) is 0 Å². The van der Waals surface area contributed by atoms with Gasteiger partial charge in [-0.25, -0.2) is 8.42 Å². The molecule has 0 aromatic heterocycles. The molecule has 0 heterocycles. The highest BCUT2D eigenvalue weighted by molar-refractivity contribution is 7.89.